The number of rotatable bonds is 0. The van der Waals surface area contributed by atoms with Crippen molar-refractivity contribution in [2.24, 2.45) is 0 Å². The summed E-state index contributed by atoms with van der Waals surface area (Å²) in [6.07, 6.45) is 0. The quantitative estimate of drug-likeness (QED) is 0.462. The van der Waals surface area contributed by atoms with Gasteiger partial charge in [0.15, 0.2) is 0 Å². The van der Waals surface area contributed by atoms with Crippen LogP contribution in [0.5, 0.6) is 0 Å². The van der Waals surface area contributed by atoms with Crippen LogP contribution in [0.15, 0.2) is 0 Å². The van der Waals surface area contributed by atoms with Crippen LogP contribution in [0, 0.1) is 76.9 Å². The summed E-state index contributed by atoms with van der Waals surface area (Å²) >= 11 is 0. The number of hydrogen-bond donors (Lipinski definition) is 0. The summed E-state index contributed by atoms with van der Waals surface area (Å²) in [5.74, 6) is 0. The van der Waals surface area contributed by atoms with E-state index in [1.165, 1.54) is 0 Å². The van der Waals surface area contributed by atoms with Gasteiger partial charge in [-0.2, -0.15) is 0 Å². The molecule has 5 heteroatoms. The van der Waals surface area contributed by atoms with Crippen LogP contribution in [-0.4, -0.2) is 11.0 Å². The van der Waals surface area contributed by atoms with Crippen molar-refractivity contribution < 1.29 is 114 Å². The van der Waals surface area contributed by atoms with E-state index >= 15 is 0 Å². The van der Waals surface area contributed by atoms with E-state index in [0.29, 0.717) is 0 Å². The van der Waals surface area contributed by atoms with E-state index in [1.54, 1.807) is 0 Å². The van der Waals surface area contributed by atoms with Gasteiger partial charge in [0.25, 0.3) is 0 Å². The summed E-state index contributed by atoms with van der Waals surface area (Å²) in [6, 6.07) is 0. The minimum Gasteiger partial charge on any atom is -0.412 e. The first-order valence-corrected chi connectivity index (χ1v) is 0. The molecule has 2 nitrogen and oxygen atoms in total. The number of hydrogen-bond acceptors (Lipinski definition) is 0. The van der Waals surface area contributed by atoms with Crippen LogP contribution in [-0.2, 0) is 26.2 Å². The maximum Gasteiger partial charge on any atom is 0 e. The van der Waals surface area contributed by atoms with Crippen LogP contribution in [0.2, 0.25) is 0 Å². The Labute approximate surface area is 111 Å². The fourth-order valence-electron chi connectivity index (χ4n) is 0. The summed E-state index contributed by atoms with van der Waals surface area (Å²) in [6.45, 7) is 0. The predicted octanol–water partition coefficient (Wildman–Crippen LogP) is -1.65. The summed E-state index contributed by atoms with van der Waals surface area (Å²) in [5, 5.41) is 0. The Morgan fingerprint density at radius 1 is 0.800 bits per heavy atom. The van der Waals surface area contributed by atoms with Gasteiger partial charge in [0, 0.05) is 103 Å². The monoisotopic (exact) mass is 406 g/mol. The Hall–Kier alpha value is 3.36. The smallest absolute Gasteiger partial charge is 0 e. The summed E-state index contributed by atoms with van der Waals surface area (Å²) in [4.78, 5) is 0. The molecule has 0 aromatic heterocycles. The molecule has 0 aliphatic heterocycles. The molecule has 0 spiro atoms. The predicted molar refractivity (Wildman–Crippen MR) is 7.23 cm³/mol. The third-order valence-electron chi connectivity index (χ3n) is 0. The Balaban J connectivity index is 0. The Bertz CT molecular complexity index is 9.61. The van der Waals surface area contributed by atoms with Crippen molar-refractivity contribution in [2.75, 3.05) is 0 Å². The molecule has 0 fully saturated rings. The van der Waals surface area contributed by atoms with E-state index in [4.69, 9.17) is 0 Å². The Morgan fingerprint density at radius 2 is 0.800 bits per heavy atom. The largest absolute Gasteiger partial charge is 0.412 e. The van der Waals surface area contributed by atoms with Gasteiger partial charge in [0.1, 0.15) is 0 Å². The molecule has 0 saturated carbocycles. The molecule has 0 aliphatic carbocycles. The molecule has 0 aromatic carbocycles. The first kappa shape index (κ1) is 40.1. The maximum atomic E-state index is 0. The normalized spacial score (nSPS) is 0. The maximum absolute atomic E-state index is 0. The molecule has 0 atom stereocenters. The summed E-state index contributed by atoms with van der Waals surface area (Å²) < 4.78 is 0. The minimum atomic E-state index is 0. The van der Waals surface area contributed by atoms with Gasteiger partial charge in [-0.25, -0.2) is 0 Å². The van der Waals surface area contributed by atoms with E-state index in [9.17, 15) is 0 Å². The Morgan fingerprint density at radius 3 is 0.800 bits per heavy atom. The molecule has 0 amide bonds. The van der Waals surface area contributed by atoms with Crippen molar-refractivity contribution in [1.82, 2.24) is 0 Å². The molecule has 26 valence electrons. The zero-order valence-corrected chi connectivity index (χ0v) is 12.4. The average molecular weight is 407 g/mol. The molecule has 0 heterocycles. The zero-order valence-electron chi connectivity index (χ0n) is 2.65. The zero-order chi connectivity index (χ0) is 0. The van der Waals surface area contributed by atoms with E-state index in [-0.39, 0.29) is 114 Å². The second-order valence-electron chi connectivity index (χ2n) is 0. The summed E-state index contributed by atoms with van der Waals surface area (Å²) in [7, 11) is 0. The molecular formula is H4LaO2PrZr. The molecule has 0 aliphatic rings. The van der Waals surface area contributed by atoms with E-state index < -0.39 is 0 Å². The molecule has 0 rings (SSSR count). The average Bonchev–Trinajstić information content (AvgIpc) is 0. The summed E-state index contributed by atoms with van der Waals surface area (Å²) in [5.41, 5.74) is 0. The standard InChI is InChI=1S/La.2H2O.Pr.Zr/h;2*1H2;;. The van der Waals surface area contributed by atoms with Crippen molar-refractivity contribution >= 4 is 0 Å². The second-order valence-corrected chi connectivity index (χ2v) is 0. The fourth-order valence-corrected chi connectivity index (χ4v) is 0. The van der Waals surface area contributed by atoms with Gasteiger partial charge in [-0.1, -0.05) is 0 Å². The third-order valence-corrected chi connectivity index (χ3v) is 0. The molecule has 2 radical (unpaired) electrons. The van der Waals surface area contributed by atoms with Crippen LogP contribution in [0.4, 0.5) is 0 Å². The fraction of sp³-hybridized carbons (Fsp3) is 0. The topological polar surface area (TPSA) is 63.0 Å². The van der Waals surface area contributed by atoms with Gasteiger partial charge in [-0.05, 0) is 0 Å². The van der Waals surface area contributed by atoms with Crippen molar-refractivity contribution in [1.29, 1.82) is 0 Å². The van der Waals surface area contributed by atoms with Gasteiger partial charge in [0.2, 0.25) is 0 Å². The van der Waals surface area contributed by atoms with Crippen LogP contribution in [0.3, 0.4) is 0 Å². The van der Waals surface area contributed by atoms with Gasteiger partial charge in [-0.15, -0.1) is 0 Å². The molecule has 0 aromatic rings. The first-order chi connectivity index (χ1) is 0. The molecule has 4 N–H and O–H groups in total. The van der Waals surface area contributed by atoms with Crippen LogP contribution < -0.4 is 0 Å². The van der Waals surface area contributed by atoms with Crippen LogP contribution >= 0.6 is 0 Å². The van der Waals surface area contributed by atoms with Gasteiger partial charge in [-0.3, -0.25) is 0 Å². The van der Waals surface area contributed by atoms with Gasteiger partial charge >= 0.3 is 0 Å². The van der Waals surface area contributed by atoms with Gasteiger partial charge < -0.3 is 11.0 Å². The second kappa shape index (κ2) is 26.4. The first-order valence-electron chi connectivity index (χ1n) is 0. The van der Waals surface area contributed by atoms with E-state index in [1.807, 2.05) is 0 Å². The molecular weight excluding hydrogens is 403 g/mol. The van der Waals surface area contributed by atoms with E-state index in [0.717, 1.165) is 0 Å². The molecule has 5 heavy (non-hydrogen) atoms. The van der Waals surface area contributed by atoms with E-state index in [2.05, 4.69) is 0 Å². The SMILES string of the molecule is O.O.[La].[Pr].[Zr]. The molecule has 0 bridgehead atoms. The molecule has 0 saturated heterocycles. The van der Waals surface area contributed by atoms with Crippen molar-refractivity contribution in [3.63, 3.8) is 0 Å². The van der Waals surface area contributed by atoms with Crippen molar-refractivity contribution in [3.05, 3.63) is 0 Å². The van der Waals surface area contributed by atoms with Crippen LogP contribution in [0.1, 0.15) is 0 Å². The minimum absolute atomic E-state index is 0. The van der Waals surface area contributed by atoms with Crippen molar-refractivity contribution in [2.45, 2.75) is 0 Å². The third kappa shape index (κ3) is 18.7. The van der Waals surface area contributed by atoms with Crippen LogP contribution in [0.25, 0.3) is 0 Å². The van der Waals surface area contributed by atoms with Crippen molar-refractivity contribution in [3.8, 4) is 0 Å². The van der Waals surface area contributed by atoms with Gasteiger partial charge in [0.05, 0.1) is 0 Å². The Kier molecular flexibility index (Phi) is 211. The molecule has 0 unspecified atom stereocenters.